The predicted molar refractivity (Wildman–Crippen MR) is 92.3 cm³/mol. The van der Waals surface area contributed by atoms with Crippen molar-refractivity contribution >= 4 is 12.1 Å². The predicted octanol–water partition coefficient (Wildman–Crippen LogP) is 2.60. The summed E-state index contributed by atoms with van der Waals surface area (Å²) in [4.78, 5) is 18.1. The summed E-state index contributed by atoms with van der Waals surface area (Å²) in [6.07, 6.45) is 0.487. The lowest BCUT2D eigenvalue weighted by Crippen LogP contribution is -2.42. The van der Waals surface area contributed by atoms with E-state index in [9.17, 15) is 4.79 Å². The van der Waals surface area contributed by atoms with Gasteiger partial charge in [-0.1, -0.05) is 0 Å². The fraction of sp³-hybridized carbons (Fsp3) is 0.875. The number of nitrogens with one attached hydrogen (secondary N) is 2. The summed E-state index contributed by atoms with van der Waals surface area (Å²) in [6.45, 7) is 15.3. The molecule has 0 saturated heterocycles. The van der Waals surface area contributed by atoms with Crippen LogP contribution >= 0.6 is 0 Å². The zero-order valence-electron chi connectivity index (χ0n) is 15.5. The minimum absolute atomic E-state index is 0.0699. The van der Waals surface area contributed by atoms with Crippen LogP contribution in [-0.4, -0.2) is 54.8 Å². The van der Waals surface area contributed by atoms with E-state index in [0.29, 0.717) is 12.6 Å². The summed E-state index contributed by atoms with van der Waals surface area (Å²) < 4.78 is 5.37. The van der Waals surface area contributed by atoms with Crippen molar-refractivity contribution in [3.63, 3.8) is 0 Å². The first-order valence-electron chi connectivity index (χ1n) is 8.07. The van der Waals surface area contributed by atoms with E-state index in [1.54, 1.807) is 11.9 Å². The molecular formula is C16H34N4O2. The van der Waals surface area contributed by atoms with Crippen LogP contribution in [0.15, 0.2) is 4.99 Å². The first kappa shape index (κ1) is 20.5. The first-order valence-corrected chi connectivity index (χ1v) is 8.07. The van der Waals surface area contributed by atoms with Crippen LogP contribution in [0.5, 0.6) is 0 Å². The Kier molecular flexibility index (Phi) is 8.90. The molecule has 1 atom stereocenters. The summed E-state index contributed by atoms with van der Waals surface area (Å²) in [7, 11) is 1.76. The lowest BCUT2D eigenvalue weighted by Gasteiger charge is -2.28. The summed E-state index contributed by atoms with van der Waals surface area (Å²) in [5, 5.41) is 6.48. The van der Waals surface area contributed by atoms with E-state index in [1.807, 2.05) is 34.6 Å². The number of amides is 1. The molecule has 0 spiro atoms. The molecule has 0 fully saturated rings. The summed E-state index contributed by atoms with van der Waals surface area (Å²) >= 11 is 0. The molecule has 6 nitrogen and oxygen atoms in total. The number of hydrogen-bond acceptors (Lipinski definition) is 3. The van der Waals surface area contributed by atoms with E-state index in [2.05, 4.69) is 29.5 Å². The number of rotatable bonds is 6. The van der Waals surface area contributed by atoms with Gasteiger partial charge < -0.3 is 20.3 Å². The molecule has 0 aromatic rings. The number of guanidine groups is 1. The van der Waals surface area contributed by atoms with Crippen molar-refractivity contribution in [1.82, 2.24) is 15.5 Å². The Bertz CT molecular complexity index is 362. The highest BCUT2D eigenvalue weighted by molar-refractivity contribution is 5.79. The minimum atomic E-state index is -0.470. The van der Waals surface area contributed by atoms with Gasteiger partial charge in [-0.25, -0.2) is 4.79 Å². The monoisotopic (exact) mass is 314 g/mol. The van der Waals surface area contributed by atoms with Gasteiger partial charge in [0.15, 0.2) is 5.96 Å². The quantitative estimate of drug-likeness (QED) is 0.584. The second-order valence-corrected chi connectivity index (χ2v) is 6.79. The number of carbonyl (C=O) groups excluding carboxylic acids is 1. The van der Waals surface area contributed by atoms with E-state index in [0.717, 1.165) is 18.9 Å². The Balaban J connectivity index is 4.40. The van der Waals surface area contributed by atoms with Crippen LogP contribution in [0.2, 0.25) is 0 Å². The molecule has 0 aliphatic rings. The van der Waals surface area contributed by atoms with Crippen LogP contribution in [0.1, 0.15) is 54.9 Å². The fourth-order valence-electron chi connectivity index (χ4n) is 1.66. The molecule has 22 heavy (non-hydrogen) atoms. The number of carbonyl (C=O) groups is 1. The van der Waals surface area contributed by atoms with E-state index in [1.165, 1.54) is 0 Å². The topological polar surface area (TPSA) is 66.0 Å². The van der Waals surface area contributed by atoms with Crippen LogP contribution in [0.4, 0.5) is 4.79 Å². The lowest BCUT2D eigenvalue weighted by molar-refractivity contribution is 0.0231. The lowest BCUT2D eigenvalue weighted by atomic mass is 10.2. The summed E-state index contributed by atoms with van der Waals surface area (Å²) in [5.74, 6) is 0.810. The number of hydrogen-bond donors (Lipinski definition) is 2. The van der Waals surface area contributed by atoms with E-state index < -0.39 is 5.60 Å². The van der Waals surface area contributed by atoms with Crippen molar-refractivity contribution in [2.24, 2.45) is 4.99 Å². The molecule has 1 unspecified atom stereocenters. The second kappa shape index (κ2) is 9.54. The van der Waals surface area contributed by atoms with Gasteiger partial charge in [-0.05, 0) is 54.9 Å². The molecule has 0 aromatic carbocycles. The SMILES string of the molecule is CCNC(=NCCC(C)N(C)C(=O)OC(C)(C)C)NC(C)C. The van der Waals surface area contributed by atoms with E-state index in [4.69, 9.17) is 4.74 Å². The average molecular weight is 314 g/mol. The third-order valence-corrected chi connectivity index (χ3v) is 2.93. The molecule has 0 aliphatic heterocycles. The number of aliphatic imine (C=N–C) groups is 1. The van der Waals surface area contributed by atoms with Gasteiger partial charge in [-0.2, -0.15) is 0 Å². The molecule has 0 aromatic heterocycles. The normalized spacial score (nSPS) is 13.8. The molecule has 2 N–H and O–H groups in total. The highest BCUT2D eigenvalue weighted by atomic mass is 16.6. The Labute approximate surface area is 135 Å². The largest absolute Gasteiger partial charge is 0.444 e. The zero-order chi connectivity index (χ0) is 17.3. The fourth-order valence-corrected chi connectivity index (χ4v) is 1.66. The Hall–Kier alpha value is -1.46. The van der Waals surface area contributed by atoms with Gasteiger partial charge in [0, 0.05) is 32.2 Å². The maximum atomic E-state index is 12.0. The van der Waals surface area contributed by atoms with Crippen LogP contribution < -0.4 is 10.6 Å². The van der Waals surface area contributed by atoms with Crippen molar-refractivity contribution in [2.75, 3.05) is 20.1 Å². The van der Waals surface area contributed by atoms with Crippen LogP contribution in [0, 0.1) is 0 Å². The molecule has 0 radical (unpaired) electrons. The minimum Gasteiger partial charge on any atom is -0.444 e. The molecule has 0 saturated carbocycles. The average Bonchev–Trinajstić information content (AvgIpc) is 2.35. The van der Waals surface area contributed by atoms with Gasteiger partial charge in [0.2, 0.25) is 0 Å². The van der Waals surface area contributed by atoms with Gasteiger partial charge in [-0.15, -0.1) is 0 Å². The van der Waals surface area contributed by atoms with Crippen LogP contribution in [-0.2, 0) is 4.74 Å². The van der Waals surface area contributed by atoms with E-state index in [-0.39, 0.29) is 12.1 Å². The summed E-state index contributed by atoms with van der Waals surface area (Å²) in [6, 6.07) is 0.403. The standard InChI is InChI=1S/C16H34N4O2/c1-9-17-14(19-12(2)3)18-11-10-13(4)20(8)15(21)22-16(5,6)7/h12-13H,9-11H2,1-8H3,(H2,17,18,19). The second-order valence-electron chi connectivity index (χ2n) is 6.79. The maximum absolute atomic E-state index is 12.0. The van der Waals surface area contributed by atoms with Crippen molar-refractivity contribution < 1.29 is 9.53 Å². The van der Waals surface area contributed by atoms with Crippen molar-refractivity contribution in [3.05, 3.63) is 0 Å². The van der Waals surface area contributed by atoms with Crippen LogP contribution in [0.25, 0.3) is 0 Å². The van der Waals surface area contributed by atoms with E-state index >= 15 is 0 Å². The molecule has 6 heteroatoms. The smallest absolute Gasteiger partial charge is 0.410 e. The third-order valence-electron chi connectivity index (χ3n) is 2.93. The molecule has 0 aliphatic carbocycles. The maximum Gasteiger partial charge on any atom is 0.410 e. The van der Waals surface area contributed by atoms with Gasteiger partial charge in [0.05, 0.1) is 0 Å². The summed E-state index contributed by atoms with van der Waals surface area (Å²) in [5.41, 5.74) is -0.470. The number of nitrogens with zero attached hydrogens (tertiary/aromatic N) is 2. The molecular weight excluding hydrogens is 280 g/mol. The Morgan fingerprint density at radius 3 is 2.32 bits per heavy atom. The molecule has 1 amide bonds. The number of ether oxygens (including phenoxy) is 1. The van der Waals surface area contributed by atoms with Gasteiger partial charge in [0.1, 0.15) is 5.60 Å². The highest BCUT2D eigenvalue weighted by Crippen LogP contribution is 2.11. The van der Waals surface area contributed by atoms with Crippen LogP contribution in [0.3, 0.4) is 0 Å². The van der Waals surface area contributed by atoms with Gasteiger partial charge in [-0.3, -0.25) is 4.99 Å². The first-order chi connectivity index (χ1) is 10.1. The third kappa shape index (κ3) is 9.47. The van der Waals surface area contributed by atoms with Crippen molar-refractivity contribution in [1.29, 1.82) is 0 Å². The van der Waals surface area contributed by atoms with Gasteiger partial charge >= 0.3 is 6.09 Å². The molecule has 130 valence electrons. The zero-order valence-corrected chi connectivity index (χ0v) is 15.5. The van der Waals surface area contributed by atoms with Gasteiger partial charge in [0.25, 0.3) is 0 Å². The van der Waals surface area contributed by atoms with Crippen molar-refractivity contribution in [3.8, 4) is 0 Å². The highest BCUT2D eigenvalue weighted by Gasteiger charge is 2.22. The Morgan fingerprint density at radius 2 is 1.86 bits per heavy atom. The molecule has 0 heterocycles. The molecule has 0 bridgehead atoms. The Morgan fingerprint density at radius 1 is 1.27 bits per heavy atom. The van der Waals surface area contributed by atoms with Crippen molar-refractivity contribution in [2.45, 2.75) is 72.6 Å². The molecule has 0 rings (SSSR count).